The van der Waals surface area contributed by atoms with Crippen molar-refractivity contribution < 1.29 is 4.42 Å². The Labute approximate surface area is 614 Å². The van der Waals surface area contributed by atoms with Gasteiger partial charge in [0.15, 0.2) is 0 Å². The van der Waals surface area contributed by atoms with E-state index in [0.29, 0.717) is 0 Å². The molecule has 0 saturated heterocycles. The third kappa shape index (κ3) is 16.1. The van der Waals surface area contributed by atoms with Gasteiger partial charge in [-0.3, -0.25) is 0 Å². The zero-order chi connectivity index (χ0) is 71.0. The van der Waals surface area contributed by atoms with Crippen LogP contribution < -0.4 is 26.6 Å². The van der Waals surface area contributed by atoms with Crippen LogP contribution in [0.1, 0.15) is 25.0 Å². The van der Waals surface area contributed by atoms with Crippen molar-refractivity contribution >= 4 is 111 Å². The Morgan fingerprint density at radius 3 is 1.19 bits per heavy atom. The van der Waals surface area contributed by atoms with Crippen LogP contribution in [0.4, 0.5) is 56.9 Å². The summed E-state index contributed by atoms with van der Waals surface area (Å²) in [7, 11) is 0. The zero-order valence-electron chi connectivity index (χ0n) is 58.7. The zero-order valence-corrected chi connectivity index (χ0v) is 58.7. The van der Waals surface area contributed by atoms with Gasteiger partial charge in [-0.2, -0.15) is 0 Å². The highest BCUT2D eigenvalue weighted by Crippen LogP contribution is 2.49. The molecule has 0 amide bonds. The fourth-order valence-electron chi connectivity index (χ4n) is 13.7. The third-order valence-corrected chi connectivity index (χ3v) is 19.0. The average molecular weight is 1350 g/mol. The molecule has 18 aromatic rings. The summed E-state index contributed by atoms with van der Waals surface area (Å²) < 4.78 is 6.28. The van der Waals surface area contributed by atoms with Crippen molar-refractivity contribution in [2.75, 3.05) is 26.6 Å². The molecule has 6 nitrogen and oxygen atoms in total. The molecule has 0 unspecified atom stereocenters. The van der Waals surface area contributed by atoms with E-state index in [9.17, 15) is 0 Å². The molecule has 1 aliphatic carbocycles. The van der Waals surface area contributed by atoms with Crippen LogP contribution in [-0.4, -0.2) is 0 Å². The lowest BCUT2D eigenvalue weighted by atomic mass is 9.82. The molecule has 6 heteroatoms. The highest BCUT2D eigenvalue weighted by atomic mass is 16.3. The summed E-state index contributed by atoms with van der Waals surface area (Å²) in [5, 5.41) is 27.1. The van der Waals surface area contributed by atoms with E-state index in [0.717, 1.165) is 89.9 Å². The molecule has 5 N–H and O–H groups in total. The molecule has 0 bridgehead atoms. The Balaban J connectivity index is 0.000000108. The molecular weight excluding hydrogens is 1280 g/mol. The Hall–Kier alpha value is -13.7. The monoisotopic (exact) mass is 1350 g/mol. The van der Waals surface area contributed by atoms with Crippen LogP contribution in [0.2, 0.25) is 0 Å². The topological polar surface area (TPSA) is 73.3 Å². The van der Waals surface area contributed by atoms with Crippen molar-refractivity contribution in [3.8, 4) is 33.4 Å². The Kier molecular flexibility index (Phi) is 20.4. The molecule has 17 aromatic carbocycles. The van der Waals surface area contributed by atoms with Crippen molar-refractivity contribution in [2.45, 2.75) is 19.3 Å². The first-order valence-electron chi connectivity index (χ1n) is 35.7. The van der Waals surface area contributed by atoms with E-state index in [2.05, 4.69) is 332 Å². The number of hydrogen-bond acceptors (Lipinski definition) is 6. The lowest BCUT2D eigenvalue weighted by Gasteiger charge is -2.22. The van der Waals surface area contributed by atoms with E-state index >= 15 is 0 Å². The minimum absolute atomic E-state index is 0.0286. The van der Waals surface area contributed by atoms with Crippen LogP contribution in [0.5, 0.6) is 0 Å². The van der Waals surface area contributed by atoms with Gasteiger partial charge in [0, 0.05) is 72.9 Å². The number of furan rings is 1. The Morgan fingerprint density at radius 2 is 0.590 bits per heavy atom. The summed E-state index contributed by atoms with van der Waals surface area (Å²) in [5.41, 5.74) is 23.2. The maximum absolute atomic E-state index is 6.28. The molecule has 0 aliphatic heterocycles. The molecule has 0 radical (unpaired) electrons. The van der Waals surface area contributed by atoms with Crippen LogP contribution in [0.15, 0.2) is 417 Å². The molecule has 0 fully saturated rings. The highest BCUT2D eigenvalue weighted by Gasteiger charge is 2.35. The first-order valence-corrected chi connectivity index (χ1v) is 35.7. The molecule has 0 atom stereocenters. The van der Waals surface area contributed by atoms with Gasteiger partial charge in [0.2, 0.25) is 0 Å². The standard InChI is InChI=1S/C27H23N.C24H17NO.C20H15N.C16H13N.C12H11N/c1-27(2)25-11-7-6-10-23(25)24-17-16-22(18-26(24)27)28-21-14-12-20(13-15-21)19-8-4-3-5-9-19;1-3-9-17(10-4-1)19-13-7-14-20-23-21(25-18-11-5-2-6-12-18)15-8-16-22(23)26-24(19)20;1-2-8-17-14-18(13-12-15(17)6-1)21-20-11-5-9-16-7-3-4-10-19(16)20;1-2-8-15(9-3-1)17-16-11-10-13-6-4-5-7-14(13)12-16;1-3-7-11(8-4-1)13-12-9-5-2-6-10-12/h3-18,28H,1-2H3;1-16,25H;1-14,21H;1-12,17H;1-10,13H. The summed E-state index contributed by atoms with van der Waals surface area (Å²) in [6, 6.07) is 143. The second-order valence-electron chi connectivity index (χ2n) is 26.4. The second kappa shape index (κ2) is 31.9. The van der Waals surface area contributed by atoms with Gasteiger partial charge in [0.05, 0.1) is 11.1 Å². The number of hydrogen-bond donors (Lipinski definition) is 5. The van der Waals surface area contributed by atoms with Gasteiger partial charge in [-0.25, -0.2) is 0 Å². The van der Waals surface area contributed by atoms with Crippen LogP contribution in [0.25, 0.3) is 87.6 Å². The van der Waals surface area contributed by atoms with Gasteiger partial charge >= 0.3 is 0 Å². The first-order chi connectivity index (χ1) is 51.8. The number of para-hydroxylation sites is 5. The van der Waals surface area contributed by atoms with Crippen LogP contribution in [-0.2, 0) is 5.41 Å². The van der Waals surface area contributed by atoms with E-state index in [-0.39, 0.29) is 5.41 Å². The molecule has 1 aromatic heterocycles. The van der Waals surface area contributed by atoms with Gasteiger partial charge in [-0.05, 0) is 181 Å². The van der Waals surface area contributed by atoms with E-state index < -0.39 is 0 Å². The van der Waals surface area contributed by atoms with Crippen molar-refractivity contribution in [3.05, 3.63) is 424 Å². The summed E-state index contributed by atoms with van der Waals surface area (Å²) in [4.78, 5) is 0. The van der Waals surface area contributed by atoms with E-state index in [4.69, 9.17) is 4.42 Å². The summed E-state index contributed by atoms with van der Waals surface area (Å²) >= 11 is 0. The molecule has 19 rings (SSSR count). The lowest BCUT2D eigenvalue weighted by molar-refractivity contribution is 0.660. The number of fused-ring (bicyclic) bond motifs is 9. The minimum atomic E-state index is 0.0286. The fourth-order valence-corrected chi connectivity index (χ4v) is 13.7. The van der Waals surface area contributed by atoms with Crippen molar-refractivity contribution in [1.82, 2.24) is 0 Å². The Morgan fingerprint density at radius 1 is 0.219 bits per heavy atom. The predicted molar refractivity (Wildman–Crippen MR) is 449 cm³/mol. The van der Waals surface area contributed by atoms with E-state index in [1.54, 1.807) is 0 Å². The normalized spacial score (nSPS) is 11.4. The quantitative estimate of drug-likeness (QED) is 0.0840. The minimum Gasteiger partial charge on any atom is -0.455 e. The van der Waals surface area contributed by atoms with Crippen LogP contribution in [0.3, 0.4) is 0 Å². The van der Waals surface area contributed by atoms with Gasteiger partial charge in [0.1, 0.15) is 11.2 Å². The van der Waals surface area contributed by atoms with Crippen molar-refractivity contribution in [1.29, 1.82) is 0 Å². The van der Waals surface area contributed by atoms with E-state index in [1.807, 2.05) is 121 Å². The smallest absolute Gasteiger partial charge is 0.143 e. The van der Waals surface area contributed by atoms with Gasteiger partial charge in [-0.15, -0.1) is 0 Å². The molecule has 506 valence electrons. The summed E-state index contributed by atoms with van der Waals surface area (Å²) in [6.07, 6.45) is 0. The molecule has 1 heterocycles. The maximum atomic E-state index is 6.28. The first kappa shape index (κ1) is 67.2. The molecule has 1 aliphatic rings. The summed E-state index contributed by atoms with van der Waals surface area (Å²) in [5.74, 6) is 0. The third-order valence-electron chi connectivity index (χ3n) is 19.0. The Bertz CT molecular complexity index is 5850. The van der Waals surface area contributed by atoms with E-state index in [1.165, 1.54) is 65.7 Å². The van der Waals surface area contributed by atoms with Crippen molar-refractivity contribution in [2.24, 2.45) is 0 Å². The van der Waals surface area contributed by atoms with Crippen LogP contribution >= 0.6 is 0 Å². The number of benzene rings is 17. The molecule has 0 saturated carbocycles. The van der Waals surface area contributed by atoms with Crippen molar-refractivity contribution in [3.63, 3.8) is 0 Å². The number of nitrogens with one attached hydrogen (secondary N) is 5. The van der Waals surface area contributed by atoms with Gasteiger partial charge in [-0.1, -0.05) is 311 Å². The second-order valence-corrected chi connectivity index (χ2v) is 26.4. The average Bonchev–Trinajstić information content (AvgIpc) is 1.58. The summed E-state index contributed by atoms with van der Waals surface area (Å²) in [6.45, 7) is 4.63. The molecule has 0 spiro atoms. The largest absolute Gasteiger partial charge is 0.455 e. The molecular formula is C99H79N5O. The molecule has 105 heavy (non-hydrogen) atoms. The highest BCUT2D eigenvalue weighted by molar-refractivity contribution is 6.15. The number of anilines is 10. The number of rotatable bonds is 12. The fraction of sp³-hybridized carbons (Fsp3) is 0.0303. The maximum Gasteiger partial charge on any atom is 0.143 e. The van der Waals surface area contributed by atoms with Gasteiger partial charge in [0.25, 0.3) is 0 Å². The van der Waals surface area contributed by atoms with Gasteiger partial charge < -0.3 is 31.0 Å². The lowest BCUT2D eigenvalue weighted by Crippen LogP contribution is -2.15. The SMILES string of the molecule is CC1(C)c2ccccc2-c2ccc(Nc3ccc(-c4ccccc4)cc3)cc21.c1ccc(Nc2ccc3ccccc3c2)cc1.c1ccc(Nc2cccc3oc4c(-c5ccccc5)cccc4c23)cc1.c1ccc(Nc2ccccc2)cc1.c1ccc2cc(Nc3cccc4ccccc34)ccc2c1. The van der Waals surface area contributed by atoms with Crippen LogP contribution in [0, 0.1) is 0 Å². The predicted octanol–water partition coefficient (Wildman–Crippen LogP) is 28.2.